The van der Waals surface area contributed by atoms with Crippen molar-refractivity contribution in [3.63, 3.8) is 0 Å². The van der Waals surface area contributed by atoms with Crippen molar-refractivity contribution in [1.29, 1.82) is 0 Å². The van der Waals surface area contributed by atoms with Gasteiger partial charge in [-0.25, -0.2) is 0 Å². The second-order valence-electron chi connectivity index (χ2n) is 5.00. The van der Waals surface area contributed by atoms with Crippen LogP contribution in [0, 0.1) is 0 Å². The molecule has 1 aromatic carbocycles. The van der Waals surface area contributed by atoms with E-state index in [0.29, 0.717) is 5.56 Å². The van der Waals surface area contributed by atoms with E-state index in [2.05, 4.69) is 0 Å². The monoisotopic (exact) mass is 317 g/mol. The lowest BCUT2D eigenvalue weighted by Crippen LogP contribution is -2.46. The quantitative estimate of drug-likeness (QED) is 0.921. The summed E-state index contributed by atoms with van der Waals surface area (Å²) in [5.41, 5.74) is -0.217. The Morgan fingerprint density at radius 1 is 1.32 bits per heavy atom. The number of morpholine rings is 1. The minimum Gasteiger partial charge on any atom is -0.481 e. The van der Waals surface area contributed by atoms with Gasteiger partial charge in [0.25, 0.3) is 0 Å². The molecule has 120 valence electrons. The lowest BCUT2D eigenvalue weighted by molar-refractivity contribution is -0.155. The maximum atomic E-state index is 12.5. The van der Waals surface area contributed by atoms with Crippen LogP contribution in [0.2, 0.25) is 0 Å². The molecule has 5 nitrogen and oxygen atoms in total. The molecule has 1 aromatic rings. The summed E-state index contributed by atoms with van der Waals surface area (Å²) in [5, 5.41) is 8.72. The molecule has 1 aliphatic rings. The van der Waals surface area contributed by atoms with Gasteiger partial charge in [0.1, 0.15) is 6.61 Å². The molecule has 1 saturated heterocycles. The third kappa shape index (κ3) is 4.20. The summed E-state index contributed by atoms with van der Waals surface area (Å²) in [7, 11) is 0. The SMILES string of the molecule is O=C(O)CC1CN(Cc2ccc(C(F)(F)F)cc2)C(=O)CO1. The lowest BCUT2D eigenvalue weighted by atomic mass is 10.1. The van der Waals surface area contributed by atoms with E-state index in [9.17, 15) is 22.8 Å². The molecule has 0 aliphatic carbocycles. The molecule has 1 unspecified atom stereocenters. The van der Waals surface area contributed by atoms with Gasteiger partial charge in [-0.05, 0) is 17.7 Å². The summed E-state index contributed by atoms with van der Waals surface area (Å²) in [6, 6.07) is 4.51. The number of halogens is 3. The normalized spacial score (nSPS) is 19.3. The number of hydrogen-bond acceptors (Lipinski definition) is 3. The Kier molecular flexibility index (Phi) is 4.70. The van der Waals surface area contributed by atoms with Gasteiger partial charge >= 0.3 is 12.1 Å². The molecule has 2 rings (SSSR count). The highest BCUT2D eigenvalue weighted by molar-refractivity contribution is 5.78. The van der Waals surface area contributed by atoms with E-state index in [1.807, 2.05) is 0 Å². The second kappa shape index (κ2) is 6.35. The molecule has 0 saturated carbocycles. The maximum Gasteiger partial charge on any atom is 0.416 e. The Labute approximate surface area is 124 Å². The summed E-state index contributed by atoms with van der Waals surface area (Å²) in [6.07, 6.45) is -5.24. The summed E-state index contributed by atoms with van der Waals surface area (Å²) < 4.78 is 42.5. The van der Waals surface area contributed by atoms with Crippen LogP contribution in [0.25, 0.3) is 0 Å². The van der Waals surface area contributed by atoms with Crippen molar-refractivity contribution in [1.82, 2.24) is 4.90 Å². The van der Waals surface area contributed by atoms with Crippen molar-refractivity contribution < 1.29 is 32.6 Å². The van der Waals surface area contributed by atoms with Gasteiger partial charge in [-0.2, -0.15) is 13.2 Å². The molecule has 0 radical (unpaired) electrons. The first-order chi connectivity index (χ1) is 10.3. The smallest absolute Gasteiger partial charge is 0.416 e. The molecule has 0 bridgehead atoms. The van der Waals surface area contributed by atoms with Gasteiger partial charge in [0.2, 0.25) is 5.91 Å². The Bertz CT molecular complexity index is 556. The predicted octanol–water partition coefficient (Wildman–Crippen LogP) is 1.91. The minimum absolute atomic E-state index is 0.103. The van der Waals surface area contributed by atoms with Gasteiger partial charge < -0.3 is 14.7 Å². The highest BCUT2D eigenvalue weighted by atomic mass is 19.4. The van der Waals surface area contributed by atoms with E-state index in [0.717, 1.165) is 12.1 Å². The number of amides is 1. The Morgan fingerprint density at radius 3 is 2.50 bits per heavy atom. The van der Waals surface area contributed by atoms with Gasteiger partial charge in [-0.15, -0.1) is 0 Å². The molecular formula is C14H14F3NO4. The number of carboxylic acid groups (broad SMARTS) is 1. The summed E-state index contributed by atoms with van der Waals surface area (Å²) in [6.45, 7) is 0.00118. The minimum atomic E-state index is -4.40. The van der Waals surface area contributed by atoms with E-state index in [1.54, 1.807) is 0 Å². The number of carboxylic acids is 1. The average molecular weight is 317 g/mol. The number of hydrogen-bond donors (Lipinski definition) is 1. The van der Waals surface area contributed by atoms with Crippen molar-refractivity contribution in [3.8, 4) is 0 Å². The molecule has 8 heteroatoms. The Morgan fingerprint density at radius 2 is 1.95 bits per heavy atom. The third-order valence-corrected chi connectivity index (χ3v) is 3.28. The fourth-order valence-electron chi connectivity index (χ4n) is 2.17. The zero-order chi connectivity index (χ0) is 16.3. The summed E-state index contributed by atoms with van der Waals surface area (Å²) in [5.74, 6) is -1.35. The molecule has 1 amide bonds. The van der Waals surface area contributed by atoms with Crippen LogP contribution in [-0.4, -0.2) is 41.1 Å². The van der Waals surface area contributed by atoms with Crippen LogP contribution in [0.15, 0.2) is 24.3 Å². The third-order valence-electron chi connectivity index (χ3n) is 3.28. The van der Waals surface area contributed by atoms with E-state index in [4.69, 9.17) is 9.84 Å². The molecule has 1 N–H and O–H groups in total. The number of nitrogens with zero attached hydrogens (tertiary/aromatic N) is 1. The van der Waals surface area contributed by atoms with Crippen LogP contribution < -0.4 is 0 Å². The molecular weight excluding hydrogens is 303 g/mol. The van der Waals surface area contributed by atoms with E-state index in [1.165, 1.54) is 17.0 Å². The fraction of sp³-hybridized carbons (Fsp3) is 0.429. The lowest BCUT2D eigenvalue weighted by Gasteiger charge is -2.32. The van der Waals surface area contributed by atoms with E-state index >= 15 is 0 Å². The number of carbonyl (C=O) groups excluding carboxylic acids is 1. The highest BCUT2D eigenvalue weighted by Crippen LogP contribution is 2.29. The van der Waals surface area contributed by atoms with E-state index in [-0.39, 0.29) is 32.0 Å². The maximum absolute atomic E-state index is 12.5. The first-order valence-corrected chi connectivity index (χ1v) is 6.53. The van der Waals surface area contributed by atoms with Gasteiger partial charge in [0.05, 0.1) is 18.1 Å². The molecule has 1 aliphatic heterocycles. The van der Waals surface area contributed by atoms with Gasteiger partial charge in [0.15, 0.2) is 0 Å². The molecule has 1 atom stereocenters. The van der Waals surface area contributed by atoms with Gasteiger partial charge in [-0.1, -0.05) is 12.1 Å². The van der Waals surface area contributed by atoms with Crippen LogP contribution in [0.4, 0.5) is 13.2 Å². The van der Waals surface area contributed by atoms with Crippen molar-refractivity contribution >= 4 is 11.9 Å². The summed E-state index contributed by atoms with van der Waals surface area (Å²) in [4.78, 5) is 23.8. The number of ether oxygens (including phenoxy) is 1. The molecule has 1 fully saturated rings. The summed E-state index contributed by atoms with van der Waals surface area (Å²) >= 11 is 0. The predicted molar refractivity (Wildman–Crippen MR) is 68.9 cm³/mol. The van der Waals surface area contributed by atoms with Crippen LogP contribution in [0.3, 0.4) is 0 Å². The van der Waals surface area contributed by atoms with Crippen LogP contribution in [-0.2, 0) is 27.0 Å². The number of alkyl halides is 3. The van der Waals surface area contributed by atoms with Crippen LogP contribution in [0.1, 0.15) is 17.5 Å². The zero-order valence-electron chi connectivity index (χ0n) is 11.5. The van der Waals surface area contributed by atoms with Crippen LogP contribution in [0.5, 0.6) is 0 Å². The largest absolute Gasteiger partial charge is 0.481 e. The average Bonchev–Trinajstić information content (AvgIpc) is 2.41. The Hall–Kier alpha value is -2.09. The molecule has 0 aromatic heterocycles. The fourth-order valence-corrected chi connectivity index (χ4v) is 2.17. The standard InChI is InChI=1S/C14H14F3NO4/c15-14(16,17)10-3-1-9(2-4-10)6-18-7-11(5-13(20)21)22-8-12(18)19/h1-4,11H,5-8H2,(H,20,21). The Balaban J connectivity index is 2.02. The zero-order valence-corrected chi connectivity index (χ0v) is 11.5. The molecule has 0 spiro atoms. The second-order valence-corrected chi connectivity index (χ2v) is 5.00. The first-order valence-electron chi connectivity index (χ1n) is 6.53. The number of rotatable bonds is 4. The number of aliphatic carboxylic acids is 1. The number of carbonyl (C=O) groups is 2. The van der Waals surface area contributed by atoms with Gasteiger partial charge in [-0.3, -0.25) is 9.59 Å². The van der Waals surface area contributed by atoms with Crippen molar-refractivity contribution in [3.05, 3.63) is 35.4 Å². The highest BCUT2D eigenvalue weighted by Gasteiger charge is 2.31. The van der Waals surface area contributed by atoms with Crippen molar-refractivity contribution in [2.75, 3.05) is 13.2 Å². The molecule has 22 heavy (non-hydrogen) atoms. The topological polar surface area (TPSA) is 66.8 Å². The first kappa shape index (κ1) is 16.3. The van der Waals surface area contributed by atoms with E-state index < -0.39 is 23.8 Å². The van der Waals surface area contributed by atoms with Crippen molar-refractivity contribution in [2.24, 2.45) is 0 Å². The van der Waals surface area contributed by atoms with Gasteiger partial charge in [0, 0.05) is 13.1 Å². The van der Waals surface area contributed by atoms with Crippen LogP contribution >= 0.6 is 0 Å². The number of benzene rings is 1. The van der Waals surface area contributed by atoms with Crippen molar-refractivity contribution in [2.45, 2.75) is 25.2 Å². The molecule has 1 heterocycles.